The summed E-state index contributed by atoms with van der Waals surface area (Å²) in [4.78, 5) is 10.8. The van der Waals surface area contributed by atoms with Crippen LogP contribution in [-0.4, -0.2) is 17.2 Å². The summed E-state index contributed by atoms with van der Waals surface area (Å²) in [5, 5.41) is 8.88. The molecular weight excluding hydrogens is 218 g/mol. The van der Waals surface area contributed by atoms with Crippen LogP contribution in [0.4, 0.5) is 8.78 Å². The monoisotopic (exact) mass is 228 g/mol. The van der Waals surface area contributed by atoms with Crippen molar-refractivity contribution in [2.24, 2.45) is 5.92 Å². The van der Waals surface area contributed by atoms with Crippen molar-refractivity contribution in [3.05, 3.63) is 29.8 Å². The smallest absolute Gasteiger partial charge is 0.345 e. The average Bonchev–Trinajstić information content (AvgIpc) is 3.03. The van der Waals surface area contributed by atoms with Gasteiger partial charge in [0.15, 0.2) is 17.7 Å². The average molecular weight is 228 g/mol. The Labute approximate surface area is 90.7 Å². The molecule has 86 valence electrons. The third-order valence-electron chi connectivity index (χ3n) is 2.45. The fourth-order valence-corrected chi connectivity index (χ4v) is 1.44. The number of halogens is 2. The van der Waals surface area contributed by atoms with Crippen LogP contribution in [-0.2, 0) is 4.79 Å². The number of benzene rings is 1. The Morgan fingerprint density at radius 1 is 1.38 bits per heavy atom. The van der Waals surface area contributed by atoms with E-state index in [1.165, 1.54) is 6.07 Å². The summed E-state index contributed by atoms with van der Waals surface area (Å²) in [5.41, 5.74) is 0. The van der Waals surface area contributed by atoms with Crippen LogP contribution in [0.1, 0.15) is 12.8 Å². The van der Waals surface area contributed by atoms with Gasteiger partial charge >= 0.3 is 5.97 Å². The van der Waals surface area contributed by atoms with Crippen molar-refractivity contribution in [2.75, 3.05) is 0 Å². The van der Waals surface area contributed by atoms with E-state index in [0.29, 0.717) is 0 Å². The Hall–Kier alpha value is -1.65. The first-order valence-corrected chi connectivity index (χ1v) is 4.92. The predicted molar refractivity (Wildman–Crippen MR) is 51.1 cm³/mol. The summed E-state index contributed by atoms with van der Waals surface area (Å²) in [5.74, 6) is -3.08. The molecular formula is C11H10F2O3. The predicted octanol–water partition coefficient (Wildman–Crippen LogP) is 2.21. The minimum Gasteiger partial charge on any atom is -0.478 e. The molecule has 0 spiro atoms. The lowest BCUT2D eigenvalue weighted by Crippen LogP contribution is -2.29. The molecule has 0 saturated heterocycles. The first-order valence-electron chi connectivity index (χ1n) is 4.92. The van der Waals surface area contributed by atoms with Crippen LogP contribution < -0.4 is 4.74 Å². The highest BCUT2D eigenvalue weighted by atomic mass is 19.2. The number of hydrogen-bond acceptors (Lipinski definition) is 2. The van der Waals surface area contributed by atoms with E-state index in [1.54, 1.807) is 0 Å². The van der Waals surface area contributed by atoms with Crippen molar-refractivity contribution >= 4 is 5.97 Å². The SMILES string of the molecule is O=C(O)C(Oc1ccc(F)c(F)c1)C1CC1. The van der Waals surface area contributed by atoms with Crippen LogP contribution in [0.2, 0.25) is 0 Å². The van der Waals surface area contributed by atoms with E-state index in [-0.39, 0.29) is 11.7 Å². The van der Waals surface area contributed by atoms with E-state index in [2.05, 4.69) is 0 Å². The molecule has 1 N–H and O–H groups in total. The van der Waals surface area contributed by atoms with Crippen LogP contribution >= 0.6 is 0 Å². The molecule has 0 bridgehead atoms. The van der Waals surface area contributed by atoms with Crippen molar-refractivity contribution in [3.8, 4) is 5.75 Å². The summed E-state index contributed by atoms with van der Waals surface area (Å²) >= 11 is 0. The van der Waals surface area contributed by atoms with Crippen molar-refractivity contribution in [3.63, 3.8) is 0 Å². The standard InChI is InChI=1S/C11H10F2O3/c12-8-4-3-7(5-9(8)13)16-10(11(14)15)6-1-2-6/h3-6,10H,1-2H2,(H,14,15). The van der Waals surface area contributed by atoms with Gasteiger partial charge in [-0.2, -0.15) is 0 Å². The van der Waals surface area contributed by atoms with Crippen LogP contribution in [0.5, 0.6) is 5.75 Å². The molecule has 3 nitrogen and oxygen atoms in total. The minimum atomic E-state index is -1.08. The summed E-state index contributed by atoms with van der Waals surface area (Å²) in [6.07, 6.45) is 0.617. The van der Waals surface area contributed by atoms with Crippen molar-refractivity contribution in [1.29, 1.82) is 0 Å². The zero-order valence-corrected chi connectivity index (χ0v) is 8.32. The largest absolute Gasteiger partial charge is 0.478 e. The van der Waals surface area contributed by atoms with E-state index in [1.807, 2.05) is 0 Å². The van der Waals surface area contributed by atoms with Gasteiger partial charge in [0, 0.05) is 12.0 Å². The Morgan fingerprint density at radius 2 is 2.06 bits per heavy atom. The Kier molecular flexibility index (Phi) is 2.77. The summed E-state index contributed by atoms with van der Waals surface area (Å²) in [7, 11) is 0. The second-order valence-corrected chi connectivity index (χ2v) is 3.79. The zero-order valence-electron chi connectivity index (χ0n) is 8.32. The first-order chi connectivity index (χ1) is 7.58. The van der Waals surface area contributed by atoms with E-state index < -0.39 is 23.7 Å². The van der Waals surface area contributed by atoms with E-state index >= 15 is 0 Å². The van der Waals surface area contributed by atoms with Gasteiger partial charge in [0.1, 0.15) is 5.75 Å². The second kappa shape index (κ2) is 4.08. The van der Waals surface area contributed by atoms with Gasteiger partial charge in [-0.25, -0.2) is 13.6 Å². The maximum atomic E-state index is 12.8. The van der Waals surface area contributed by atoms with Crippen molar-refractivity contribution in [1.82, 2.24) is 0 Å². The molecule has 1 atom stereocenters. The molecule has 16 heavy (non-hydrogen) atoms. The maximum Gasteiger partial charge on any atom is 0.345 e. The van der Waals surface area contributed by atoms with E-state index in [4.69, 9.17) is 9.84 Å². The van der Waals surface area contributed by atoms with Gasteiger partial charge in [-0.15, -0.1) is 0 Å². The first kappa shape index (κ1) is 10.9. The topological polar surface area (TPSA) is 46.5 Å². The molecule has 0 aromatic heterocycles. The van der Waals surface area contributed by atoms with Gasteiger partial charge in [0.2, 0.25) is 0 Å². The molecule has 0 heterocycles. The third kappa shape index (κ3) is 2.29. The molecule has 1 fully saturated rings. The fraction of sp³-hybridized carbons (Fsp3) is 0.364. The van der Waals surface area contributed by atoms with Crippen molar-refractivity contribution in [2.45, 2.75) is 18.9 Å². The number of carboxylic acid groups (broad SMARTS) is 1. The van der Waals surface area contributed by atoms with Crippen LogP contribution in [0.3, 0.4) is 0 Å². The highest BCUT2D eigenvalue weighted by Gasteiger charge is 2.38. The zero-order chi connectivity index (χ0) is 11.7. The summed E-state index contributed by atoms with van der Waals surface area (Å²) < 4.78 is 30.6. The van der Waals surface area contributed by atoms with Gasteiger partial charge in [-0.3, -0.25) is 0 Å². The minimum absolute atomic E-state index is 0.0226. The number of ether oxygens (including phenoxy) is 1. The molecule has 1 aromatic carbocycles. The lowest BCUT2D eigenvalue weighted by atomic mass is 10.2. The summed E-state index contributed by atoms with van der Waals surface area (Å²) in [6, 6.07) is 2.99. The fourth-order valence-electron chi connectivity index (χ4n) is 1.44. The molecule has 1 aliphatic carbocycles. The van der Waals surface area contributed by atoms with Gasteiger partial charge in [0.25, 0.3) is 0 Å². The van der Waals surface area contributed by atoms with Gasteiger partial charge in [-0.05, 0) is 25.0 Å². The van der Waals surface area contributed by atoms with E-state index in [0.717, 1.165) is 25.0 Å². The molecule has 1 saturated carbocycles. The van der Waals surface area contributed by atoms with Crippen molar-refractivity contribution < 1.29 is 23.4 Å². The van der Waals surface area contributed by atoms with Crippen LogP contribution in [0, 0.1) is 17.6 Å². The quantitative estimate of drug-likeness (QED) is 0.859. The Morgan fingerprint density at radius 3 is 2.56 bits per heavy atom. The molecule has 2 rings (SSSR count). The van der Waals surface area contributed by atoms with Gasteiger partial charge in [0.05, 0.1) is 0 Å². The number of carboxylic acids is 1. The highest BCUT2D eigenvalue weighted by Crippen LogP contribution is 2.35. The van der Waals surface area contributed by atoms with Crippen LogP contribution in [0.25, 0.3) is 0 Å². The molecule has 1 unspecified atom stereocenters. The second-order valence-electron chi connectivity index (χ2n) is 3.79. The Balaban J connectivity index is 2.12. The highest BCUT2D eigenvalue weighted by molar-refractivity contribution is 5.73. The molecule has 5 heteroatoms. The molecule has 0 radical (unpaired) electrons. The number of hydrogen-bond donors (Lipinski definition) is 1. The lowest BCUT2D eigenvalue weighted by molar-refractivity contribution is -0.146. The normalized spacial score (nSPS) is 16.9. The number of carbonyl (C=O) groups is 1. The summed E-state index contributed by atoms with van der Waals surface area (Å²) in [6.45, 7) is 0. The number of rotatable bonds is 4. The van der Waals surface area contributed by atoms with Crippen LogP contribution in [0.15, 0.2) is 18.2 Å². The third-order valence-corrected chi connectivity index (χ3v) is 2.45. The maximum absolute atomic E-state index is 12.8. The molecule has 1 aliphatic rings. The Bertz CT molecular complexity index is 416. The van der Waals surface area contributed by atoms with Gasteiger partial charge < -0.3 is 9.84 Å². The molecule has 0 aliphatic heterocycles. The number of aliphatic carboxylic acids is 1. The molecule has 0 amide bonds. The lowest BCUT2D eigenvalue weighted by Gasteiger charge is -2.14. The van der Waals surface area contributed by atoms with Gasteiger partial charge in [-0.1, -0.05) is 0 Å². The molecule has 1 aromatic rings. The van der Waals surface area contributed by atoms with E-state index in [9.17, 15) is 13.6 Å².